The van der Waals surface area contributed by atoms with Crippen molar-refractivity contribution in [2.24, 2.45) is 0 Å². The van der Waals surface area contributed by atoms with Crippen LogP contribution in [0.5, 0.6) is 0 Å². The smallest absolute Gasteiger partial charge is 0.267 e. The number of hydrogen-bond donors (Lipinski definition) is 0. The maximum Gasteiger partial charge on any atom is 0.278 e. The quantitative estimate of drug-likeness (QED) is 0.768. The zero-order chi connectivity index (χ0) is 12.5. The summed E-state index contributed by atoms with van der Waals surface area (Å²) in [4.78, 5) is 12.4. The number of aromatic nitrogens is 2. The second kappa shape index (κ2) is 4.41. The zero-order valence-electron chi connectivity index (χ0n) is 10.5. The maximum atomic E-state index is 12.4. The van der Waals surface area contributed by atoms with Crippen molar-refractivity contribution >= 4 is 5.91 Å². The van der Waals surface area contributed by atoms with Gasteiger partial charge in [-0.1, -0.05) is 18.2 Å². The van der Waals surface area contributed by atoms with Gasteiger partial charge in [0.1, 0.15) is 0 Å². The third-order valence-corrected chi connectivity index (χ3v) is 3.63. The molecule has 3 nitrogen and oxygen atoms in total. The third-order valence-electron chi connectivity index (χ3n) is 3.63. The van der Waals surface area contributed by atoms with E-state index in [-0.39, 0.29) is 5.91 Å². The molecule has 0 N–H and O–H groups in total. The van der Waals surface area contributed by atoms with Crippen LogP contribution >= 0.6 is 0 Å². The number of hydrogen-bond acceptors (Lipinski definition) is 2. The summed E-state index contributed by atoms with van der Waals surface area (Å²) >= 11 is 0. The normalized spacial score (nSPS) is 14.3. The van der Waals surface area contributed by atoms with E-state index in [0.29, 0.717) is 5.56 Å². The first-order valence-corrected chi connectivity index (χ1v) is 6.44. The highest BCUT2D eigenvalue weighted by Gasteiger charge is 2.21. The average molecular weight is 240 g/mol. The first kappa shape index (κ1) is 11.2. The second-order valence-electron chi connectivity index (χ2n) is 4.80. The molecule has 0 unspecified atom stereocenters. The molecule has 0 spiro atoms. The summed E-state index contributed by atoms with van der Waals surface area (Å²) in [6.45, 7) is 2.00. The van der Waals surface area contributed by atoms with Crippen molar-refractivity contribution < 1.29 is 4.79 Å². The van der Waals surface area contributed by atoms with E-state index in [2.05, 4.69) is 5.10 Å². The van der Waals surface area contributed by atoms with E-state index in [4.69, 9.17) is 0 Å². The molecular formula is C15H16N2O. The summed E-state index contributed by atoms with van der Waals surface area (Å²) in [5, 5.41) is 4.49. The largest absolute Gasteiger partial charge is 0.278 e. The van der Waals surface area contributed by atoms with E-state index in [1.165, 1.54) is 18.4 Å². The molecule has 0 fully saturated rings. The lowest BCUT2D eigenvalue weighted by molar-refractivity contribution is 0.0942. The Morgan fingerprint density at radius 1 is 1.17 bits per heavy atom. The van der Waals surface area contributed by atoms with Crippen molar-refractivity contribution in [2.75, 3.05) is 0 Å². The lowest BCUT2D eigenvalue weighted by atomic mass is 9.96. The van der Waals surface area contributed by atoms with E-state index in [0.717, 1.165) is 24.2 Å². The zero-order valence-corrected chi connectivity index (χ0v) is 10.5. The monoisotopic (exact) mass is 240 g/mol. The predicted molar refractivity (Wildman–Crippen MR) is 69.8 cm³/mol. The van der Waals surface area contributed by atoms with Crippen LogP contribution < -0.4 is 0 Å². The number of carbonyl (C=O) groups excluding carboxylic acids is 1. The summed E-state index contributed by atoms with van der Waals surface area (Å²) < 4.78 is 1.57. The van der Waals surface area contributed by atoms with Gasteiger partial charge >= 0.3 is 0 Å². The van der Waals surface area contributed by atoms with Gasteiger partial charge in [0.25, 0.3) is 5.91 Å². The molecule has 1 aromatic heterocycles. The van der Waals surface area contributed by atoms with E-state index < -0.39 is 0 Å². The van der Waals surface area contributed by atoms with Crippen LogP contribution in [0.1, 0.15) is 40.2 Å². The Bertz CT molecular complexity index is 584. The molecule has 18 heavy (non-hydrogen) atoms. The van der Waals surface area contributed by atoms with Crippen molar-refractivity contribution in [3.63, 3.8) is 0 Å². The Morgan fingerprint density at radius 3 is 2.61 bits per heavy atom. The van der Waals surface area contributed by atoms with Gasteiger partial charge in [0, 0.05) is 11.3 Å². The van der Waals surface area contributed by atoms with E-state index in [1.807, 2.05) is 37.3 Å². The highest BCUT2D eigenvalue weighted by molar-refractivity contribution is 5.95. The minimum absolute atomic E-state index is 0.0255. The van der Waals surface area contributed by atoms with Gasteiger partial charge in [0.2, 0.25) is 0 Å². The number of benzene rings is 1. The molecule has 1 aliphatic carbocycles. The maximum absolute atomic E-state index is 12.4. The molecule has 92 valence electrons. The molecule has 3 rings (SSSR count). The Labute approximate surface area is 106 Å². The predicted octanol–water partition coefficient (Wildman–Crippen LogP) is 2.76. The molecule has 1 aromatic carbocycles. The Balaban J connectivity index is 2.03. The summed E-state index contributed by atoms with van der Waals surface area (Å²) in [6.07, 6.45) is 4.45. The van der Waals surface area contributed by atoms with Crippen molar-refractivity contribution in [3.8, 4) is 0 Å². The molecular weight excluding hydrogens is 224 g/mol. The van der Waals surface area contributed by atoms with Gasteiger partial charge in [-0.15, -0.1) is 0 Å². The molecule has 0 saturated heterocycles. The molecule has 0 amide bonds. The Hall–Kier alpha value is -1.90. The number of rotatable bonds is 1. The highest BCUT2D eigenvalue weighted by atomic mass is 16.2. The molecule has 0 atom stereocenters. The van der Waals surface area contributed by atoms with Crippen molar-refractivity contribution in [3.05, 3.63) is 52.8 Å². The van der Waals surface area contributed by atoms with Gasteiger partial charge in [-0.3, -0.25) is 4.79 Å². The summed E-state index contributed by atoms with van der Waals surface area (Å²) in [5.41, 5.74) is 4.10. The van der Waals surface area contributed by atoms with E-state index >= 15 is 0 Å². The highest BCUT2D eigenvalue weighted by Crippen LogP contribution is 2.23. The van der Waals surface area contributed by atoms with Crippen molar-refractivity contribution in [2.45, 2.75) is 32.6 Å². The van der Waals surface area contributed by atoms with Crippen LogP contribution in [0.3, 0.4) is 0 Å². The van der Waals surface area contributed by atoms with Crippen molar-refractivity contribution in [1.82, 2.24) is 9.78 Å². The van der Waals surface area contributed by atoms with Gasteiger partial charge in [0.15, 0.2) is 0 Å². The molecule has 2 aromatic rings. The molecule has 0 radical (unpaired) electrons. The van der Waals surface area contributed by atoms with Crippen LogP contribution in [-0.2, 0) is 12.8 Å². The fraction of sp³-hybridized carbons (Fsp3) is 0.333. The third kappa shape index (κ3) is 1.76. The average Bonchev–Trinajstić information content (AvgIpc) is 2.77. The van der Waals surface area contributed by atoms with Crippen LogP contribution in [0, 0.1) is 6.92 Å². The standard InChI is InChI=1S/C15H16N2O/c1-11-13-9-5-6-10-14(13)16-17(11)15(18)12-7-3-2-4-8-12/h2-4,7-8H,5-6,9-10H2,1H3. The van der Waals surface area contributed by atoms with E-state index in [1.54, 1.807) is 4.68 Å². The van der Waals surface area contributed by atoms with Crippen LogP contribution in [-0.4, -0.2) is 15.7 Å². The molecule has 0 aliphatic heterocycles. The minimum Gasteiger partial charge on any atom is -0.267 e. The fourth-order valence-electron chi connectivity index (χ4n) is 2.61. The molecule has 0 bridgehead atoms. The summed E-state index contributed by atoms with van der Waals surface area (Å²) in [5.74, 6) is -0.0255. The molecule has 1 aliphatic rings. The topological polar surface area (TPSA) is 34.9 Å². The number of fused-ring (bicyclic) bond motifs is 1. The first-order valence-electron chi connectivity index (χ1n) is 6.44. The lowest BCUT2D eigenvalue weighted by Crippen LogP contribution is -2.15. The van der Waals surface area contributed by atoms with Crippen LogP contribution in [0.15, 0.2) is 30.3 Å². The molecule has 0 saturated carbocycles. The summed E-state index contributed by atoms with van der Waals surface area (Å²) in [6, 6.07) is 9.35. The molecule has 1 heterocycles. The number of aryl methyl sites for hydroxylation is 1. The minimum atomic E-state index is -0.0255. The Kier molecular flexibility index (Phi) is 2.74. The van der Waals surface area contributed by atoms with Gasteiger partial charge in [-0.05, 0) is 50.3 Å². The molecule has 3 heteroatoms. The van der Waals surface area contributed by atoms with E-state index in [9.17, 15) is 4.79 Å². The van der Waals surface area contributed by atoms with Gasteiger partial charge < -0.3 is 0 Å². The van der Waals surface area contributed by atoms with Gasteiger partial charge in [-0.25, -0.2) is 4.68 Å². The SMILES string of the molecule is Cc1c2c(nn1C(=O)c1ccccc1)CCCC2. The lowest BCUT2D eigenvalue weighted by Gasteiger charge is -2.08. The number of nitrogens with zero attached hydrogens (tertiary/aromatic N) is 2. The summed E-state index contributed by atoms with van der Waals surface area (Å²) in [7, 11) is 0. The van der Waals surface area contributed by atoms with Crippen LogP contribution in [0.2, 0.25) is 0 Å². The van der Waals surface area contributed by atoms with Crippen LogP contribution in [0.25, 0.3) is 0 Å². The van der Waals surface area contributed by atoms with Crippen molar-refractivity contribution in [1.29, 1.82) is 0 Å². The first-order chi connectivity index (χ1) is 8.77. The fourth-order valence-corrected chi connectivity index (χ4v) is 2.61. The number of carbonyl (C=O) groups is 1. The van der Waals surface area contributed by atoms with Gasteiger partial charge in [-0.2, -0.15) is 5.10 Å². The second-order valence-corrected chi connectivity index (χ2v) is 4.80. The Morgan fingerprint density at radius 2 is 1.89 bits per heavy atom. The van der Waals surface area contributed by atoms with Crippen LogP contribution in [0.4, 0.5) is 0 Å². The van der Waals surface area contributed by atoms with Gasteiger partial charge in [0.05, 0.1) is 5.69 Å².